The first-order chi connectivity index (χ1) is 10.9. The van der Waals surface area contributed by atoms with Gasteiger partial charge in [-0.15, -0.1) is 0 Å². The second-order valence-electron chi connectivity index (χ2n) is 4.86. The van der Waals surface area contributed by atoms with Crippen LogP contribution in [0.4, 0.5) is 0 Å². The third-order valence-electron chi connectivity index (χ3n) is 3.15. The maximum absolute atomic E-state index is 11.6. The van der Waals surface area contributed by atoms with Crippen LogP contribution in [0.1, 0.15) is 11.5 Å². The number of nitrogens with zero attached hydrogens (tertiary/aromatic N) is 2. The average Bonchev–Trinajstić information content (AvgIpc) is 2.95. The van der Waals surface area contributed by atoms with Crippen molar-refractivity contribution in [1.82, 2.24) is 10.1 Å². The minimum absolute atomic E-state index is 0.0462. The summed E-state index contributed by atoms with van der Waals surface area (Å²) in [6.07, 6.45) is 0.394. The molecule has 0 radical (unpaired) electrons. The molecule has 0 spiro atoms. The smallest absolute Gasteiger partial charge is 0.238 e. The highest BCUT2D eigenvalue weighted by Gasteiger charge is 2.18. The Bertz CT molecular complexity index is 954. The number of halogens is 1. The first-order valence-electron chi connectivity index (χ1n) is 6.63. The largest absolute Gasteiger partial charge is 0.339 e. The van der Waals surface area contributed by atoms with Gasteiger partial charge in [0.05, 0.1) is 11.3 Å². The van der Waals surface area contributed by atoms with Gasteiger partial charge in [-0.1, -0.05) is 41.0 Å². The average molecular weight is 350 g/mol. The molecule has 1 aromatic heterocycles. The third kappa shape index (κ3) is 3.58. The van der Waals surface area contributed by atoms with Gasteiger partial charge < -0.3 is 4.52 Å². The van der Waals surface area contributed by atoms with Crippen LogP contribution in [0.25, 0.3) is 11.4 Å². The first-order valence-corrected chi connectivity index (χ1v) is 8.55. The van der Waals surface area contributed by atoms with E-state index in [1.54, 1.807) is 30.3 Å². The first kappa shape index (κ1) is 15.7. The molecule has 2 N–H and O–H groups in total. The van der Waals surface area contributed by atoms with Crippen LogP contribution in [0.2, 0.25) is 5.02 Å². The molecule has 0 amide bonds. The number of aromatic nitrogens is 2. The van der Waals surface area contributed by atoms with Crippen molar-refractivity contribution in [3.63, 3.8) is 0 Å². The van der Waals surface area contributed by atoms with Crippen molar-refractivity contribution in [3.8, 4) is 11.4 Å². The van der Waals surface area contributed by atoms with E-state index >= 15 is 0 Å². The van der Waals surface area contributed by atoms with Crippen molar-refractivity contribution >= 4 is 21.6 Å². The standard InChI is InChI=1S/C15H12ClN3O3S/c16-11-5-3-4-10(8-11)9-14-18-15(19-22-14)12-6-1-2-7-13(12)23(17,20)21/h1-8H,9H2,(H2,17,20,21). The summed E-state index contributed by atoms with van der Waals surface area (Å²) < 4.78 is 28.5. The fraction of sp³-hybridized carbons (Fsp3) is 0.0667. The molecule has 8 heteroatoms. The molecule has 1 heterocycles. The fourth-order valence-corrected chi connectivity index (χ4v) is 3.10. The van der Waals surface area contributed by atoms with Crippen molar-refractivity contribution in [2.75, 3.05) is 0 Å². The van der Waals surface area contributed by atoms with Gasteiger partial charge in [0.2, 0.25) is 21.7 Å². The molecule has 23 heavy (non-hydrogen) atoms. The summed E-state index contributed by atoms with van der Waals surface area (Å²) in [5.41, 5.74) is 1.21. The Morgan fingerprint density at radius 3 is 2.65 bits per heavy atom. The lowest BCUT2D eigenvalue weighted by Gasteiger charge is -2.02. The monoisotopic (exact) mass is 349 g/mol. The molecule has 0 aliphatic heterocycles. The highest BCUT2D eigenvalue weighted by atomic mass is 35.5. The Hall–Kier alpha value is -2.22. The van der Waals surface area contributed by atoms with E-state index in [1.165, 1.54) is 6.07 Å². The van der Waals surface area contributed by atoms with Crippen LogP contribution in [-0.4, -0.2) is 18.6 Å². The number of hydrogen-bond donors (Lipinski definition) is 1. The summed E-state index contributed by atoms with van der Waals surface area (Å²) in [7, 11) is -3.88. The zero-order chi connectivity index (χ0) is 16.4. The van der Waals surface area contributed by atoms with Crippen LogP contribution in [-0.2, 0) is 16.4 Å². The molecule has 0 bridgehead atoms. The molecule has 0 fully saturated rings. The number of rotatable bonds is 4. The van der Waals surface area contributed by atoms with Crippen LogP contribution in [0.15, 0.2) is 57.9 Å². The molecule has 0 saturated heterocycles. The zero-order valence-electron chi connectivity index (χ0n) is 11.8. The van der Waals surface area contributed by atoms with E-state index in [0.717, 1.165) is 5.56 Å². The van der Waals surface area contributed by atoms with Crippen LogP contribution in [0.3, 0.4) is 0 Å². The SMILES string of the molecule is NS(=O)(=O)c1ccccc1-c1noc(Cc2cccc(Cl)c2)n1. The van der Waals surface area contributed by atoms with Crippen LogP contribution in [0, 0.1) is 0 Å². The Morgan fingerprint density at radius 2 is 1.91 bits per heavy atom. The summed E-state index contributed by atoms with van der Waals surface area (Å²) in [5.74, 6) is 0.526. The quantitative estimate of drug-likeness (QED) is 0.780. The summed E-state index contributed by atoms with van der Waals surface area (Å²) in [6, 6.07) is 13.5. The van der Waals surface area contributed by atoms with Gasteiger partial charge in [-0.3, -0.25) is 0 Å². The predicted molar refractivity (Wildman–Crippen MR) is 85.4 cm³/mol. The number of primary sulfonamides is 1. The second kappa shape index (κ2) is 6.11. The molecule has 2 aromatic carbocycles. The second-order valence-corrected chi connectivity index (χ2v) is 6.83. The zero-order valence-corrected chi connectivity index (χ0v) is 13.4. The lowest BCUT2D eigenvalue weighted by Crippen LogP contribution is -2.13. The van der Waals surface area contributed by atoms with Crippen LogP contribution in [0.5, 0.6) is 0 Å². The number of hydrogen-bond acceptors (Lipinski definition) is 5. The van der Waals surface area contributed by atoms with Crippen molar-refractivity contribution in [1.29, 1.82) is 0 Å². The molecule has 3 aromatic rings. The van der Waals surface area contributed by atoms with Gasteiger partial charge in [0.15, 0.2) is 0 Å². The lowest BCUT2D eigenvalue weighted by atomic mass is 10.1. The molecule has 0 aliphatic carbocycles. The highest BCUT2D eigenvalue weighted by molar-refractivity contribution is 7.89. The van der Waals surface area contributed by atoms with E-state index < -0.39 is 10.0 Å². The number of nitrogens with two attached hydrogens (primary N) is 1. The molecule has 0 unspecified atom stereocenters. The molecule has 3 rings (SSSR count). The molecule has 0 aliphatic rings. The van der Waals surface area contributed by atoms with E-state index in [4.69, 9.17) is 21.3 Å². The van der Waals surface area contributed by atoms with Crippen molar-refractivity contribution in [3.05, 3.63) is 65.0 Å². The number of sulfonamides is 1. The third-order valence-corrected chi connectivity index (χ3v) is 4.35. The van der Waals surface area contributed by atoms with Crippen LogP contribution >= 0.6 is 11.6 Å². The van der Waals surface area contributed by atoms with E-state index in [0.29, 0.717) is 22.9 Å². The van der Waals surface area contributed by atoms with E-state index in [-0.39, 0.29) is 10.7 Å². The molecule has 118 valence electrons. The van der Waals surface area contributed by atoms with Gasteiger partial charge in [-0.2, -0.15) is 4.98 Å². The normalized spacial score (nSPS) is 11.6. The van der Waals surface area contributed by atoms with Gasteiger partial charge in [-0.25, -0.2) is 13.6 Å². The summed E-state index contributed by atoms with van der Waals surface area (Å²) in [5, 5.41) is 9.67. The molecule has 0 atom stereocenters. The Kier molecular flexibility index (Phi) is 4.16. The summed E-state index contributed by atoms with van der Waals surface area (Å²) in [4.78, 5) is 4.19. The predicted octanol–water partition coefficient (Wildman–Crippen LogP) is 2.63. The van der Waals surface area contributed by atoms with Gasteiger partial charge in [0, 0.05) is 10.6 Å². The molecule has 0 saturated carbocycles. The minimum atomic E-state index is -3.88. The minimum Gasteiger partial charge on any atom is -0.339 e. The molecule has 6 nitrogen and oxygen atoms in total. The highest BCUT2D eigenvalue weighted by Crippen LogP contribution is 2.24. The van der Waals surface area contributed by atoms with Gasteiger partial charge in [0.25, 0.3) is 0 Å². The van der Waals surface area contributed by atoms with Gasteiger partial charge >= 0.3 is 0 Å². The summed E-state index contributed by atoms with van der Waals surface area (Å²) >= 11 is 5.94. The lowest BCUT2D eigenvalue weighted by molar-refractivity contribution is 0.385. The maximum atomic E-state index is 11.6. The van der Waals surface area contributed by atoms with Crippen LogP contribution < -0.4 is 5.14 Å². The van der Waals surface area contributed by atoms with E-state index in [1.807, 2.05) is 12.1 Å². The Labute approximate surface area is 137 Å². The van der Waals surface area contributed by atoms with Crippen molar-refractivity contribution in [2.45, 2.75) is 11.3 Å². The number of benzene rings is 2. The topological polar surface area (TPSA) is 99.1 Å². The Balaban J connectivity index is 1.94. The van der Waals surface area contributed by atoms with E-state index in [9.17, 15) is 8.42 Å². The van der Waals surface area contributed by atoms with Gasteiger partial charge in [-0.05, 0) is 29.8 Å². The maximum Gasteiger partial charge on any atom is 0.238 e. The molecular formula is C15H12ClN3O3S. The van der Waals surface area contributed by atoms with Gasteiger partial charge in [0.1, 0.15) is 0 Å². The summed E-state index contributed by atoms with van der Waals surface area (Å²) in [6.45, 7) is 0. The van der Waals surface area contributed by atoms with Crippen molar-refractivity contribution < 1.29 is 12.9 Å². The van der Waals surface area contributed by atoms with Crippen molar-refractivity contribution in [2.24, 2.45) is 5.14 Å². The molecular weight excluding hydrogens is 338 g/mol. The van der Waals surface area contributed by atoms with E-state index in [2.05, 4.69) is 10.1 Å². The Morgan fingerprint density at radius 1 is 1.13 bits per heavy atom. The fourth-order valence-electron chi connectivity index (χ4n) is 2.16.